The van der Waals surface area contributed by atoms with Crippen LogP contribution in [0.2, 0.25) is 0 Å². The van der Waals surface area contributed by atoms with Crippen LogP contribution in [0.1, 0.15) is 99.3 Å². The van der Waals surface area contributed by atoms with Crippen molar-refractivity contribution in [2.24, 2.45) is 5.41 Å². The number of unbranched alkanes of at least 4 members (excludes halogenated alkanes) is 1. The fourth-order valence-corrected chi connectivity index (χ4v) is 5.90. The van der Waals surface area contributed by atoms with Crippen molar-refractivity contribution in [1.29, 1.82) is 0 Å². The van der Waals surface area contributed by atoms with Gasteiger partial charge in [-0.2, -0.15) is 0 Å². The fourth-order valence-electron chi connectivity index (χ4n) is 4.48. The number of hydrogen-bond donors (Lipinski definition) is 1. The molecule has 1 N–H and O–H groups in total. The first-order valence-corrected chi connectivity index (χ1v) is 14.2. The van der Waals surface area contributed by atoms with Crippen LogP contribution in [0, 0.1) is 5.41 Å². The lowest BCUT2D eigenvalue weighted by molar-refractivity contribution is -0.205. The number of ether oxygens (including phenoxy) is 3. The Morgan fingerprint density at radius 2 is 1.85 bits per heavy atom. The third kappa shape index (κ3) is 9.00. The van der Waals surface area contributed by atoms with E-state index in [1.807, 2.05) is 13.8 Å². The molecule has 0 spiro atoms. The van der Waals surface area contributed by atoms with E-state index in [0.717, 1.165) is 88.9 Å². The van der Waals surface area contributed by atoms with Crippen molar-refractivity contribution in [2.75, 3.05) is 19.8 Å². The van der Waals surface area contributed by atoms with E-state index in [1.54, 1.807) is 11.8 Å². The Morgan fingerprint density at radius 1 is 1.15 bits per heavy atom. The molecule has 2 saturated heterocycles. The molecule has 34 heavy (non-hydrogen) atoms. The Hall–Kier alpha value is -0.820. The maximum absolute atomic E-state index is 13.3. The van der Waals surface area contributed by atoms with Crippen LogP contribution in [0.25, 0.3) is 0 Å². The molecule has 2 aliphatic heterocycles. The highest BCUT2D eigenvalue weighted by atomic mass is 32.2. The smallest absolute Gasteiger partial charge is 0.239 e. The highest BCUT2D eigenvalue weighted by molar-refractivity contribution is 8.01. The van der Waals surface area contributed by atoms with E-state index in [2.05, 4.69) is 45.7 Å². The van der Waals surface area contributed by atoms with Crippen LogP contribution in [0.15, 0.2) is 23.9 Å². The second-order valence-electron chi connectivity index (χ2n) is 10.7. The first kappa shape index (κ1) is 29.4. The number of carbonyl (C=O) groups excluding carboxylic acids is 1. The molecule has 2 rings (SSSR count). The molecule has 0 aliphatic carbocycles. The van der Waals surface area contributed by atoms with Crippen LogP contribution in [0.5, 0.6) is 0 Å². The van der Waals surface area contributed by atoms with Crippen molar-refractivity contribution in [1.82, 2.24) is 5.32 Å². The predicted molar refractivity (Wildman–Crippen MR) is 143 cm³/mol. The Kier molecular flexibility index (Phi) is 12.2. The quantitative estimate of drug-likeness (QED) is 0.286. The maximum atomic E-state index is 13.3. The van der Waals surface area contributed by atoms with E-state index < -0.39 is 4.75 Å². The number of carbonyl (C=O) groups is 1. The van der Waals surface area contributed by atoms with E-state index in [0.29, 0.717) is 5.25 Å². The average Bonchev–Trinajstić information content (AvgIpc) is 2.81. The van der Waals surface area contributed by atoms with Gasteiger partial charge in [0.25, 0.3) is 0 Å². The molecule has 0 aromatic carbocycles. The zero-order valence-electron chi connectivity index (χ0n) is 22.5. The van der Waals surface area contributed by atoms with Gasteiger partial charge < -0.3 is 19.5 Å². The molecular weight excluding hydrogens is 446 g/mol. The maximum Gasteiger partial charge on any atom is 0.239 e. The summed E-state index contributed by atoms with van der Waals surface area (Å²) in [5.74, 6) is 0.0656. The predicted octanol–water partition coefficient (Wildman–Crippen LogP) is 6.77. The molecule has 0 saturated carbocycles. The van der Waals surface area contributed by atoms with Gasteiger partial charge in [0.1, 0.15) is 0 Å². The second-order valence-corrected chi connectivity index (χ2v) is 12.7. The topological polar surface area (TPSA) is 56.8 Å². The van der Waals surface area contributed by atoms with E-state index in [4.69, 9.17) is 14.2 Å². The Morgan fingerprint density at radius 3 is 2.44 bits per heavy atom. The zero-order valence-corrected chi connectivity index (χ0v) is 23.4. The summed E-state index contributed by atoms with van der Waals surface area (Å²) in [4.78, 5) is 13.3. The van der Waals surface area contributed by atoms with Crippen molar-refractivity contribution < 1.29 is 19.0 Å². The molecule has 2 atom stereocenters. The number of hydrogen-bond acceptors (Lipinski definition) is 5. The second kappa shape index (κ2) is 14.1. The number of amides is 1. The molecule has 0 aromatic rings. The summed E-state index contributed by atoms with van der Waals surface area (Å²) in [6.07, 6.45) is 11.0. The normalized spacial score (nSPS) is 21.8. The van der Waals surface area contributed by atoms with Gasteiger partial charge in [-0.15, -0.1) is 11.8 Å². The minimum atomic E-state index is -0.502. The Balaban J connectivity index is 2.09. The highest BCUT2D eigenvalue weighted by Gasteiger charge is 2.35. The van der Waals surface area contributed by atoms with Gasteiger partial charge in [-0.1, -0.05) is 40.7 Å². The summed E-state index contributed by atoms with van der Waals surface area (Å²) >= 11 is 1.77. The first-order chi connectivity index (χ1) is 16.1. The van der Waals surface area contributed by atoms with E-state index in [1.165, 1.54) is 0 Å². The van der Waals surface area contributed by atoms with E-state index >= 15 is 0 Å². The standard InChI is InChI=1S/C28H49NO4S/c1-8-10-13-22(29-26(30)28(6,7)34-23-15-18-31-19-16-23)20-21(3)27(4,5)24(9-2)33-25-14-11-12-17-32-25/h20,23-25H,3,8-19H2,1-2,4-7H3,(H,29,30)/b22-20+. The fraction of sp³-hybridized carbons (Fsp3) is 0.821. The SMILES string of the molecule is C=C(/C=C(\CCCC)NC(=O)C(C)(C)SC1CCOCC1)C(C)(C)C(CC)OC1CCCCO1. The molecule has 2 unspecified atom stereocenters. The van der Waals surface area contributed by atoms with E-state index in [-0.39, 0.29) is 23.7 Å². The Bertz CT molecular complexity index is 676. The number of rotatable bonds is 13. The average molecular weight is 496 g/mol. The number of nitrogens with one attached hydrogen (secondary N) is 1. The molecule has 2 fully saturated rings. The molecule has 2 aliphatic rings. The first-order valence-electron chi connectivity index (χ1n) is 13.3. The van der Waals surface area contributed by atoms with Crippen LogP contribution in [-0.4, -0.2) is 48.1 Å². The third-order valence-corrected chi connectivity index (χ3v) is 8.64. The van der Waals surface area contributed by atoms with Gasteiger partial charge in [0, 0.05) is 36.2 Å². The minimum Gasteiger partial charge on any atom is -0.381 e. The summed E-state index contributed by atoms with van der Waals surface area (Å²) < 4.78 is 17.2. The van der Waals surface area contributed by atoms with Gasteiger partial charge in [-0.3, -0.25) is 4.79 Å². The van der Waals surface area contributed by atoms with Crippen LogP contribution in [0.3, 0.4) is 0 Å². The van der Waals surface area contributed by atoms with Crippen molar-refractivity contribution >= 4 is 17.7 Å². The van der Waals surface area contributed by atoms with Gasteiger partial charge in [0.05, 0.1) is 10.9 Å². The van der Waals surface area contributed by atoms with Gasteiger partial charge in [-0.05, 0) is 76.9 Å². The summed E-state index contributed by atoms with van der Waals surface area (Å²) in [5.41, 5.74) is 1.66. The summed E-state index contributed by atoms with van der Waals surface area (Å²) in [7, 11) is 0. The third-order valence-electron chi connectivity index (χ3n) is 7.06. The van der Waals surface area contributed by atoms with Gasteiger partial charge in [0.2, 0.25) is 5.91 Å². The lowest BCUT2D eigenvalue weighted by atomic mass is 9.77. The van der Waals surface area contributed by atoms with Crippen LogP contribution in [-0.2, 0) is 19.0 Å². The molecule has 196 valence electrons. The highest BCUT2D eigenvalue weighted by Crippen LogP contribution is 2.37. The molecule has 6 heteroatoms. The molecule has 0 radical (unpaired) electrons. The molecule has 5 nitrogen and oxygen atoms in total. The largest absolute Gasteiger partial charge is 0.381 e. The number of thioether (sulfide) groups is 1. The summed E-state index contributed by atoms with van der Waals surface area (Å²) in [5, 5.41) is 3.74. The lowest BCUT2D eigenvalue weighted by Gasteiger charge is -2.38. The molecular formula is C28H49NO4S. The monoisotopic (exact) mass is 495 g/mol. The zero-order chi connectivity index (χ0) is 25.2. The lowest BCUT2D eigenvalue weighted by Crippen LogP contribution is -2.41. The summed E-state index contributed by atoms with van der Waals surface area (Å²) in [6, 6.07) is 0. The molecule has 1 amide bonds. The molecule has 0 aromatic heterocycles. The van der Waals surface area contributed by atoms with Crippen LogP contribution < -0.4 is 5.32 Å². The van der Waals surface area contributed by atoms with Gasteiger partial charge >= 0.3 is 0 Å². The van der Waals surface area contributed by atoms with Crippen LogP contribution in [0.4, 0.5) is 0 Å². The van der Waals surface area contributed by atoms with E-state index in [9.17, 15) is 4.79 Å². The van der Waals surface area contributed by atoms with Gasteiger partial charge in [-0.25, -0.2) is 0 Å². The molecule has 2 heterocycles. The minimum absolute atomic E-state index is 0.00277. The van der Waals surface area contributed by atoms with Gasteiger partial charge in [0.15, 0.2) is 6.29 Å². The molecule has 0 bridgehead atoms. The van der Waals surface area contributed by atoms with Crippen molar-refractivity contribution in [3.05, 3.63) is 23.9 Å². The Labute approximate surface area is 212 Å². The van der Waals surface area contributed by atoms with Crippen molar-refractivity contribution in [2.45, 2.75) is 122 Å². The number of allylic oxidation sites excluding steroid dienone is 2. The van der Waals surface area contributed by atoms with Crippen LogP contribution >= 0.6 is 11.8 Å². The van der Waals surface area contributed by atoms with Crippen molar-refractivity contribution in [3.8, 4) is 0 Å². The summed E-state index contributed by atoms with van der Waals surface area (Å²) in [6.45, 7) is 19.6. The van der Waals surface area contributed by atoms with Crippen molar-refractivity contribution in [3.63, 3.8) is 0 Å².